The van der Waals surface area contributed by atoms with E-state index >= 15 is 0 Å². The van der Waals surface area contributed by atoms with Crippen LogP contribution in [0.15, 0.2) is 40.7 Å². The van der Waals surface area contributed by atoms with Gasteiger partial charge in [0.15, 0.2) is 5.13 Å². The maximum Gasteiger partial charge on any atom is 0.263 e. The van der Waals surface area contributed by atoms with Crippen LogP contribution in [0, 0.1) is 0 Å². The second-order valence-electron chi connectivity index (χ2n) is 4.97. The summed E-state index contributed by atoms with van der Waals surface area (Å²) in [4.78, 5) is 15.7. The molecule has 1 aromatic carbocycles. The van der Waals surface area contributed by atoms with Crippen molar-refractivity contribution in [2.24, 2.45) is 0 Å². The van der Waals surface area contributed by atoms with E-state index in [1.54, 1.807) is 17.5 Å². The smallest absolute Gasteiger partial charge is 0.263 e. The van der Waals surface area contributed by atoms with Crippen LogP contribution in [0.1, 0.15) is 32.6 Å². The van der Waals surface area contributed by atoms with Gasteiger partial charge < -0.3 is 5.32 Å². The molecule has 0 saturated carbocycles. The van der Waals surface area contributed by atoms with Gasteiger partial charge in [0.05, 0.1) is 4.90 Å². The minimum absolute atomic E-state index is 0.0602. The fourth-order valence-electron chi connectivity index (χ4n) is 1.92. The van der Waals surface area contributed by atoms with Crippen molar-refractivity contribution in [2.45, 2.75) is 37.5 Å². The van der Waals surface area contributed by atoms with Gasteiger partial charge in [-0.25, -0.2) is 13.4 Å². The van der Waals surface area contributed by atoms with Crippen LogP contribution >= 0.6 is 11.3 Å². The highest BCUT2D eigenvalue weighted by atomic mass is 32.2. The van der Waals surface area contributed by atoms with Crippen molar-refractivity contribution >= 4 is 38.1 Å². The predicted molar refractivity (Wildman–Crippen MR) is 92.1 cm³/mol. The molecule has 0 saturated heterocycles. The lowest BCUT2D eigenvalue weighted by molar-refractivity contribution is -0.116. The number of carbonyl (C=O) groups excluding carboxylic acids is 1. The lowest BCUT2D eigenvalue weighted by atomic mass is 10.2. The molecule has 2 N–H and O–H groups in total. The van der Waals surface area contributed by atoms with Crippen molar-refractivity contribution in [3.8, 4) is 0 Å². The first-order valence-electron chi connectivity index (χ1n) is 7.33. The van der Waals surface area contributed by atoms with Gasteiger partial charge in [-0.15, -0.1) is 11.3 Å². The molecule has 23 heavy (non-hydrogen) atoms. The maximum absolute atomic E-state index is 12.2. The zero-order valence-electron chi connectivity index (χ0n) is 12.8. The summed E-state index contributed by atoms with van der Waals surface area (Å²) in [5, 5.41) is 4.77. The molecule has 0 atom stereocenters. The number of sulfonamides is 1. The zero-order valence-corrected chi connectivity index (χ0v) is 14.4. The third kappa shape index (κ3) is 5.33. The number of amides is 1. The highest BCUT2D eigenvalue weighted by Crippen LogP contribution is 2.19. The molecular formula is C15H19N3O3S2. The minimum Gasteiger partial charge on any atom is -0.326 e. The molecule has 2 rings (SSSR count). The van der Waals surface area contributed by atoms with Gasteiger partial charge in [-0.05, 0) is 30.7 Å². The number of benzene rings is 1. The second kappa shape index (κ2) is 8.07. The highest BCUT2D eigenvalue weighted by molar-refractivity contribution is 7.93. The van der Waals surface area contributed by atoms with Crippen LogP contribution in [0.2, 0.25) is 0 Å². The van der Waals surface area contributed by atoms with Gasteiger partial charge >= 0.3 is 0 Å². The first-order valence-corrected chi connectivity index (χ1v) is 9.70. The molecule has 1 aromatic heterocycles. The molecule has 0 aliphatic carbocycles. The Morgan fingerprint density at radius 1 is 1.22 bits per heavy atom. The summed E-state index contributed by atoms with van der Waals surface area (Å²) in [7, 11) is -3.66. The number of thiazole rings is 1. The molecule has 0 aliphatic rings. The van der Waals surface area contributed by atoms with Gasteiger partial charge in [0.1, 0.15) is 0 Å². The SMILES string of the molecule is CCCCCC(=O)Nc1ccc(S(=O)(=O)Nc2nccs2)cc1. The Bertz CT molecular complexity index is 726. The van der Waals surface area contributed by atoms with E-state index < -0.39 is 10.0 Å². The number of carbonyl (C=O) groups is 1. The molecule has 0 aliphatic heterocycles. The molecule has 0 fully saturated rings. The first-order chi connectivity index (χ1) is 11.0. The average Bonchev–Trinajstić information content (AvgIpc) is 3.00. The minimum atomic E-state index is -3.66. The molecule has 2 aromatic rings. The Labute approximate surface area is 140 Å². The summed E-state index contributed by atoms with van der Waals surface area (Å²) >= 11 is 1.21. The normalized spacial score (nSPS) is 11.2. The van der Waals surface area contributed by atoms with Crippen LogP contribution in [-0.4, -0.2) is 19.3 Å². The lowest BCUT2D eigenvalue weighted by Gasteiger charge is -2.08. The number of aromatic nitrogens is 1. The quantitative estimate of drug-likeness (QED) is 0.711. The second-order valence-corrected chi connectivity index (χ2v) is 7.55. The van der Waals surface area contributed by atoms with E-state index in [0.29, 0.717) is 17.2 Å². The van der Waals surface area contributed by atoms with E-state index in [0.717, 1.165) is 19.3 Å². The van der Waals surface area contributed by atoms with Crippen LogP contribution < -0.4 is 10.0 Å². The number of anilines is 2. The van der Waals surface area contributed by atoms with Crippen LogP contribution in [0.4, 0.5) is 10.8 Å². The number of nitrogens with one attached hydrogen (secondary N) is 2. The van der Waals surface area contributed by atoms with E-state index in [-0.39, 0.29) is 10.8 Å². The van der Waals surface area contributed by atoms with E-state index in [1.165, 1.54) is 29.7 Å². The van der Waals surface area contributed by atoms with Crippen LogP contribution in [0.3, 0.4) is 0 Å². The molecule has 124 valence electrons. The van der Waals surface area contributed by atoms with E-state index in [9.17, 15) is 13.2 Å². The number of hydrogen-bond acceptors (Lipinski definition) is 5. The van der Waals surface area contributed by atoms with Crippen molar-refractivity contribution in [1.82, 2.24) is 4.98 Å². The molecule has 0 unspecified atom stereocenters. The number of hydrogen-bond donors (Lipinski definition) is 2. The van der Waals surface area contributed by atoms with Crippen molar-refractivity contribution in [2.75, 3.05) is 10.0 Å². The number of nitrogens with zero attached hydrogens (tertiary/aromatic N) is 1. The Morgan fingerprint density at radius 2 is 1.96 bits per heavy atom. The lowest BCUT2D eigenvalue weighted by Crippen LogP contribution is -2.13. The van der Waals surface area contributed by atoms with Gasteiger partial charge in [0.2, 0.25) is 5.91 Å². The van der Waals surface area contributed by atoms with E-state index in [4.69, 9.17) is 0 Å². The van der Waals surface area contributed by atoms with Crippen LogP contribution in [0.5, 0.6) is 0 Å². The van der Waals surface area contributed by atoms with Crippen LogP contribution in [-0.2, 0) is 14.8 Å². The third-order valence-electron chi connectivity index (χ3n) is 3.11. The summed E-state index contributed by atoms with van der Waals surface area (Å²) in [6.45, 7) is 2.08. The van der Waals surface area contributed by atoms with Gasteiger partial charge in [0, 0.05) is 23.7 Å². The Kier molecular flexibility index (Phi) is 6.12. The summed E-state index contributed by atoms with van der Waals surface area (Å²) in [6.07, 6.45) is 4.94. The van der Waals surface area contributed by atoms with Crippen molar-refractivity contribution in [3.63, 3.8) is 0 Å². The van der Waals surface area contributed by atoms with Gasteiger partial charge in [-0.3, -0.25) is 9.52 Å². The maximum atomic E-state index is 12.2. The molecule has 1 amide bonds. The van der Waals surface area contributed by atoms with E-state index in [2.05, 4.69) is 21.9 Å². The van der Waals surface area contributed by atoms with Gasteiger partial charge in [0.25, 0.3) is 10.0 Å². The standard InChI is InChI=1S/C15H19N3O3S2/c1-2-3-4-5-14(19)17-12-6-8-13(9-7-12)23(20,21)18-15-16-10-11-22-15/h6-11H,2-5H2,1H3,(H,16,18)(H,17,19). The van der Waals surface area contributed by atoms with Crippen molar-refractivity contribution < 1.29 is 13.2 Å². The summed E-state index contributed by atoms with van der Waals surface area (Å²) in [6, 6.07) is 6.07. The summed E-state index contributed by atoms with van der Waals surface area (Å²) < 4.78 is 26.8. The fourth-order valence-corrected chi connectivity index (χ4v) is 3.71. The molecule has 0 radical (unpaired) electrons. The molecule has 0 bridgehead atoms. The van der Waals surface area contributed by atoms with Gasteiger partial charge in [-0.1, -0.05) is 19.8 Å². The molecule has 6 nitrogen and oxygen atoms in total. The third-order valence-corrected chi connectivity index (χ3v) is 5.28. The fraction of sp³-hybridized carbons (Fsp3) is 0.333. The Morgan fingerprint density at radius 3 is 2.57 bits per heavy atom. The average molecular weight is 353 g/mol. The van der Waals surface area contributed by atoms with E-state index in [1.807, 2.05) is 0 Å². The van der Waals surface area contributed by atoms with Gasteiger partial charge in [-0.2, -0.15) is 0 Å². The zero-order chi connectivity index (χ0) is 16.7. The first kappa shape index (κ1) is 17.4. The Balaban J connectivity index is 1.97. The number of rotatable bonds is 8. The number of unbranched alkanes of at least 4 members (excludes halogenated alkanes) is 2. The molecule has 8 heteroatoms. The topological polar surface area (TPSA) is 88.2 Å². The van der Waals surface area contributed by atoms with Crippen molar-refractivity contribution in [3.05, 3.63) is 35.8 Å². The van der Waals surface area contributed by atoms with Crippen molar-refractivity contribution in [1.29, 1.82) is 0 Å². The Hall–Kier alpha value is -1.93. The highest BCUT2D eigenvalue weighted by Gasteiger charge is 2.15. The molecule has 1 heterocycles. The predicted octanol–water partition coefficient (Wildman–Crippen LogP) is 3.46. The summed E-state index contributed by atoms with van der Waals surface area (Å²) in [5.74, 6) is -0.0602. The van der Waals surface area contributed by atoms with Crippen LogP contribution in [0.25, 0.3) is 0 Å². The largest absolute Gasteiger partial charge is 0.326 e. The monoisotopic (exact) mass is 353 g/mol. The molecule has 0 spiro atoms. The summed E-state index contributed by atoms with van der Waals surface area (Å²) in [5.41, 5.74) is 0.583. The molecular weight excluding hydrogens is 334 g/mol.